The summed E-state index contributed by atoms with van der Waals surface area (Å²) in [5.74, 6) is 0. The molecule has 0 saturated carbocycles. The molecule has 0 radical (unpaired) electrons. The van der Waals surface area contributed by atoms with E-state index in [4.69, 9.17) is 0 Å². The molecule has 1 nitrogen and oxygen atoms in total. The van der Waals surface area contributed by atoms with Crippen molar-refractivity contribution in [2.45, 2.75) is 13.8 Å². The molecule has 0 atom stereocenters. The van der Waals surface area contributed by atoms with Gasteiger partial charge in [-0.2, -0.15) is 0 Å². The van der Waals surface area contributed by atoms with Gasteiger partial charge in [0.2, 0.25) is 0 Å². The van der Waals surface area contributed by atoms with Gasteiger partial charge in [0.05, 0.1) is 0 Å². The van der Waals surface area contributed by atoms with Gasteiger partial charge in [0.25, 0.3) is 0 Å². The SMILES string of the molecule is Cc1cc(-c2ccc(Nc3cc4ccccc4c4ccccc34)cc2)c(C)cc1-c1ccccc1. The van der Waals surface area contributed by atoms with Crippen molar-refractivity contribution in [2.24, 2.45) is 0 Å². The van der Waals surface area contributed by atoms with Crippen LogP contribution in [0.3, 0.4) is 0 Å². The molecule has 168 valence electrons. The normalized spacial score (nSPS) is 11.1. The maximum Gasteiger partial charge on any atom is 0.0470 e. The minimum absolute atomic E-state index is 1.09. The number of aryl methyl sites for hydroxylation is 2. The number of hydrogen-bond acceptors (Lipinski definition) is 1. The van der Waals surface area contributed by atoms with Crippen molar-refractivity contribution in [3.05, 3.63) is 132 Å². The maximum absolute atomic E-state index is 3.67. The standard InChI is InChI=1S/C34H27N/c1-23-21-33(24(2)20-32(23)25-10-4-3-5-11-25)26-16-18-28(19-17-26)35-34-22-27-12-6-7-13-29(27)30-14-8-9-15-31(30)34/h3-22,35H,1-2H3. The predicted molar refractivity (Wildman–Crippen MR) is 152 cm³/mol. The third kappa shape index (κ3) is 3.96. The van der Waals surface area contributed by atoms with Gasteiger partial charge in [-0.25, -0.2) is 0 Å². The van der Waals surface area contributed by atoms with E-state index < -0.39 is 0 Å². The summed E-state index contributed by atoms with van der Waals surface area (Å²) in [7, 11) is 0. The summed E-state index contributed by atoms with van der Waals surface area (Å²) in [4.78, 5) is 0. The van der Waals surface area contributed by atoms with Gasteiger partial charge in [-0.05, 0) is 81.6 Å². The van der Waals surface area contributed by atoms with Crippen molar-refractivity contribution in [2.75, 3.05) is 5.32 Å². The Morgan fingerprint density at radius 1 is 0.457 bits per heavy atom. The third-order valence-electron chi connectivity index (χ3n) is 6.90. The third-order valence-corrected chi connectivity index (χ3v) is 6.90. The van der Waals surface area contributed by atoms with Crippen LogP contribution in [-0.4, -0.2) is 0 Å². The van der Waals surface area contributed by atoms with E-state index >= 15 is 0 Å². The number of benzene rings is 6. The van der Waals surface area contributed by atoms with Gasteiger partial charge in [0.1, 0.15) is 0 Å². The molecule has 0 saturated heterocycles. The zero-order chi connectivity index (χ0) is 23.8. The van der Waals surface area contributed by atoms with Crippen LogP contribution in [0.5, 0.6) is 0 Å². The molecule has 0 heterocycles. The highest BCUT2D eigenvalue weighted by atomic mass is 14.9. The number of fused-ring (bicyclic) bond motifs is 3. The number of hydrogen-bond donors (Lipinski definition) is 1. The molecule has 6 aromatic rings. The fourth-order valence-electron chi connectivity index (χ4n) is 5.10. The van der Waals surface area contributed by atoms with Crippen LogP contribution in [0.4, 0.5) is 11.4 Å². The van der Waals surface area contributed by atoms with Crippen molar-refractivity contribution in [3.8, 4) is 22.3 Å². The van der Waals surface area contributed by atoms with Gasteiger partial charge < -0.3 is 5.32 Å². The minimum Gasteiger partial charge on any atom is -0.355 e. The van der Waals surface area contributed by atoms with E-state index in [1.54, 1.807) is 0 Å². The Bertz CT molecular complexity index is 1660. The van der Waals surface area contributed by atoms with E-state index in [0.29, 0.717) is 0 Å². The second-order valence-corrected chi connectivity index (χ2v) is 9.24. The Morgan fingerprint density at radius 3 is 1.69 bits per heavy atom. The largest absolute Gasteiger partial charge is 0.355 e. The summed E-state index contributed by atoms with van der Waals surface area (Å²) in [5.41, 5.74) is 9.88. The lowest BCUT2D eigenvalue weighted by molar-refractivity contribution is 1.39. The van der Waals surface area contributed by atoms with Crippen LogP contribution < -0.4 is 5.32 Å². The van der Waals surface area contributed by atoms with E-state index in [2.05, 4.69) is 140 Å². The molecule has 0 spiro atoms. The van der Waals surface area contributed by atoms with Crippen molar-refractivity contribution in [1.29, 1.82) is 0 Å². The molecule has 6 rings (SSSR count). The Morgan fingerprint density at radius 2 is 1.00 bits per heavy atom. The van der Waals surface area contributed by atoms with E-state index in [0.717, 1.165) is 11.4 Å². The topological polar surface area (TPSA) is 12.0 Å². The summed E-state index contributed by atoms with van der Waals surface area (Å²) in [5, 5.41) is 8.71. The van der Waals surface area contributed by atoms with Crippen LogP contribution in [0, 0.1) is 13.8 Å². The Balaban J connectivity index is 1.34. The molecular formula is C34H27N. The molecule has 0 bridgehead atoms. The Labute approximate surface area is 206 Å². The van der Waals surface area contributed by atoms with Gasteiger partial charge in [0.15, 0.2) is 0 Å². The first-order valence-electron chi connectivity index (χ1n) is 12.1. The lowest BCUT2D eigenvalue weighted by Gasteiger charge is -2.15. The van der Waals surface area contributed by atoms with Crippen LogP contribution in [0.25, 0.3) is 43.8 Å². The lowest BCUT2D eigenvalue weighted by Crippen LogP contribution is -1.93. The molecular weight excluding hydrogens is 422 g/mol. The zero-order valence-electron chi connectivity index (χ0n) is 20.0. The molecule has 6 aromatic carbocycles. The monoisotopic (exact) mass is 449 g/mol. The fourth-order valence-corrected chi connectivity index (χ4v) is 5.10. The summed E-state index contributed by atoms with van der Waals surface area (Å²) < 4.78 is 0. The van der Waals surface area contributed by atoms with Gasteiger partial charge in [-0.1, -0.05) is 103 Å². The summed E-state index contributed by atoms with van der Waals surface area (Å²) >= 11 is 0. The molecule has 0 fully saturated rings. The van der Waals surface area contributed by atoms with Crippen molar-refractivity contribution in [1.82, 2.24) is 0 Å². The Kier molecular flexibility index (Phi) is 5.31. The second-order valence-electron chi connectivity index (χ2n) is 9.24. The van der Waals surface area contributed by atoms with Crippen LogP contribution in [0.15, 0.2) is 121 Å². The summed E-state index contributed by atoms with van der Waals surface area (Å²) in [6.07, 6.45) is 0. The predicted octanol–water partition coefficient (Wildman–Crippen LogP) is 9.69. The first-order chi connectivity index (χ1) is 17.2. The molecule has 0 aromatic heterocycles. The molecule has 0 aliphatic carbocycles. The van der Waals surface area contributed by atoms with Gasteiger partial charge in [0, 0.05) is 16.8 Å². The smallest absolute Gasteiger partial charge is 0.0470 e. The van der Waals surface area contributed by atoms with Gasteiger partial charge in [-0.15, -0.1) is 0 Å². The lowest BCUT2D eigenvalue weighted by atomic mass is 9.92. The van der Waals surface area contributed by atoms with Crippen LogP contribution in [0.1, 0.15) is 11.1 Å². The first-order valence-corrected chi connectivity index (χ1v) is 12.1. The van der Waals surface area contributed by atoms with E-state index in [1.807, 2.05) is 0 Å². The molecule has 35 heavy (non-hydrogen) atoms. The average molecular weight is 450 g/mol. The van der Waals surface area contributed by atoms with Gasteiger partial charge in [-0.3, -0.25) is 0 Å². The van der Waals surface area contributed by atoms with E-state index in [1.165, 1.54) is 54.9 Å². The number of nitrogens with one attached hydrogen (secondary N) is 1. The maximum atomic E-state index is 3.67. The average Bonchev–Trinajstić information content (AvgIpc) is 2.91. The van der Waals surface area contributed by atoms with Crippen molar-refractivity contribution < 1.29 is 0 Å². The summed E-state index contributed by atoms with van der Waals surface area (Å²) in [6.45, 7) is 4.40. The highest BCUT2D eigenvalue weighted by Gasteiger charge is 2.10. The molecule has 0 amide bonds. The van der Waals surface area contributed by atoms with Gasteiger partial charge >= 0.3 is 0 Å². The number of anilines is 2. The highest BCUT2D eigenvalue weighted by Crippen LogP contribution is 2.35. The summed E-state index contributed by atoms with van der Waals surface area (Å²) in [6, 6.07) is 43.5. The molecule has 0 aliphatic heterocycles. The molecule has 0 aliphatic rings. The molecule has 0 unspecified atom stereocenters. The first kappa shape index (κ1) is 21.2. The Hall–Kier alpha value is -4.36. The molecule has 1 heteroatoms. The second kappa shape index (κ2) is 8.77. The van der Waals surface area contributed by atoms with Crippen LogP contribution >= 0.6 is 0 Å². The van der Waals surface area contributed by atoms with Crippen LogP contribution in [0.2, 0.25) is 0 Å². The van der Waals surface area contributed by atoms with E-state index in [-0.39, 0.29) is 0 Å². The van der Waals surface area contributed by atoms with Crippen molar-refractivity contribution in [3.63, 3.8) is 0 Å². The minimum atomic E-state index is 1.09. The molecule has 1 N–H and O–H groups in total. The van der Waals surface area contributed by atoms with E-state index in [9.17, 15) is 0 Å². The highest BCUT2D eigenvalue weighted by molar-refractivity contribution is 6.13. The van der Waals surface area contributed by atoms with Crippen LogP contribution in [-0.2, 0) is 0 Å². The number of rotatable bonds is 4. The fraction of sp³-hybridized carbons (Fsp3) is 0.0588. The zero-order valence-corrected chi connectivity index (χ0v) is 20.0. The van der Waals surface area contributed by atoms with Crippen molar-refractivity contribution >= 4 is 32.9 Å². The quantitative estimate of drug-likeness (QED) is 0.264.